The monoisotopic (exact) mass is 185 g/mol. The highest BCUT2D eigenvalue weighted by Gasteiger charge is 2.32. The molecule has 0 bridgehead atoms. The van der Waals surface area contributed by atoms with E-state index < -0.39 is 16.5 Å². The van der Waals surface area contributed by atoms with Gasteiger partial charge in [-0.25, -0.2) is 0 Å². The minimum absolute atomic E-state index is 1.26. The molecule has 0 N–H and O–H groups in total. The summed E-state index contributed by atoms with van der Waals surface area (Å²) in [6, 6.07) is 2.84. The number of rotatable bonds is 2. The molecule has 0 aromatic rings. The summed E-state index contributed by atoms with van der Waals surface area (Å²) in [6.45, 7) is 13.8. The van der Waals surface area contributed by atoms with Crippen LogP contribution in [0.2, 0.25) is 39.3 Å². The highest BCUT2D eigenvalue weighted by Crippen LogP contribution is 2.17. The van der Waals surface area contributed by atoms with E-state index in [4.69, 9.17) is 6.42 Å². The Morgan fingerprint density at radius 1 is 0.909 bits per heavy atom. The van der Waals surface area contributed by atoms with Crippen LogP contribution in [0.25, 0.3) is 0 Å². The van der Waals surface area contributed by atoms with E-state index in [1.54, 1.807) is 0 Å². The van der Waals surface area contributed by atoms with Crippen LogP contribution in [0.15, 0.2) is 0 Å². The van der Waals surface area contributed by atoms with Crippen molar-refractivity contribution in [3.63, 3.8) is 0 Å². The van der Waals surface area contributed by atoms with Crippen molar-refractivity contribution in [2.75, 3.05) is 0 Å². The molecule has 0 radical (unpaired) electrons. The van der Waals surface area contributed by atoms with Crippen molar-refractivity contribution >= 4 is 16.5 Å². The molecule has 0 aliphatic rings. The zero-order valence-corrected chi connectivity index (χ0v) is 10.5. The van der Waals surface area contributed by atoms with Gasteiger partial charge in [-0.3, -0.25) is 0 Å². The number of hydrogen-bond donors (Lipinski definition) is 0. The lowest BCUT2D eigenvalue weighted by atomic mass is 11.2. The average Bonchev–Trinajstić information content (AvgIpc) is 1.56. The van der Waals surface area contributed by atoms with Crippen molar-refractivity contribution in [2.24, 2.45) is 0 Å². The Morgan fingerprint density at radius 3 is 1.18 bits per heavy atom. The fraction of sp³-hybridized carbons (Fsp3) is 0.750. The van der Waals surface area contributed by atoms with Gasteiger partial charge in [-0.2, -0.15) is 0 Å². The van der Waals surface area contributed by atoms with Crippen LogP contribution in [0.1, 0.15) is 0 Å². The summed E-state index contributed by atoms with van der Waals surface area (Å²) < 4.78 is 2.31. The standard InChI is InChI=1S/C8H19NSi2/c1-8-9(10(2,3)4)11(5,6)7/h1H,2-7H3. The van der Waals surface area contributed by atoms with Gasteiger partial charge in [0.25, 0.3) is 0 Å². The fourth-order valence-electron chi connectivity index (χ4n) is 1.39. The Bertz CT molecular complexity index is 154. The van der Waals surface area contributed by atoms with E-state index in [1.807, 2.05) is 0 Å². The maximum Gasteiger partial charge on any atom is 0.147 e. The SMILES string of the molecule is C#CN([Si](C)(C)C)[Si](C)(C)C. The van der Waals surface area contributed by atoms with Crippen molar-refractivity contribution in [2.45, 2.75) is 39.3 Å². The summed E-state index contributed by atoms with van der Waals surface area (Å²) in [4.78, 5) is 0. The van der Waals surface area contributed by atoms with Crippen LogP contribution < -0.4 is 0 Å². The zero-order chi connectivity index (χ0) is 9.28. The molecule has 0 rings (SSSR count). The van der Waals surface area contributed by atoms with Crippen LogP contribution in [-0.2, 0) is 0 Å². The summed E-state index contributed by atoms with van der Waals surface area (Å²) in [5, 5.41) is 0. The maximum absolute atomic E-state index is 5.49. The van der Waals surface area contributed by atoms with Crippen molar-refractivity contribution in [1.82, 2.24) is 4.23 Å². The van der Waals surface area contributed by atoms with Crippen LogP contribution in [0.3, 0.4) is 0 Å². The second kappa shape index (κ2) is 3.04. The molecule has 11 heavy (non-hydrogen) atoms. The average molecular weight is 185 g/mol. The first-order valence-corrected chi connectivity index (χ1v) is 10.9. The molecule has 0 aromatic heterocycles. The number of nitrogens with zero attached hydrogens (tertiary/aromatic N) is 1. The topological polar surface area (TPSA) is 3.24 Å². The fourth-order valence-corrected chi connectivity index (χ4v) is 10.2. The van der Waals surface area contributed by atoms with Crippen LogP contribution in [0.5, 0.6) is 0 Å². The molecular weight excluding hydrogens is 166 g/mol. The van der Waals surface area contributed by atoms with Crippen molar-refractivity contribution in [3.05, 3.63) is 0 Å². The van der Waals surface area contributed by atoms with E-state index in [2.05, 4.69) is 49.6 Å². The van der Waals surface area contributed by atoms with E-state index in [0.717, 1.165) is 0 Å². The number of terminal acetylenes is 1. The minimum atomic E-state index is -1.26. The molecule has 1 nitrogen and oxygen atoms in total. The van der Waals surface area contributed by atoms with Gasteiger partial charge < -0.3 is 4.23 Å². The first-order chi connectivity index (χ1) is 4.69. The quantitative estimate of drug-likeness (QED) is 0.363. The normalized spacial score (nSPS) is 12.5. The first-order valence-electron chi connectivity index (χ1n) is 3.96. The van der Waals surface area contributed by atoms with Crippen LogP contribution >= 0.6 is 0 Å². The van der Waals surface area contributed by atoms with Gasteiger partial charge in [0, 0.05) is 0 Å². The van der Waals surface area contributed by atoms with Crippen molar-refractivity contribution in [1.29, 1.82) is 0 Å². The van der Waals surface area contributed by atoms with Gasteiger partial charge in [0.2, 0.25) is 0 Å². The highest BCUT2D eigenvalue weighted by molar-refractivity contribution is 6.90. The van der Waals surface area contributed by atoms with E-state index >= 15 is 0 Å². The molecule has 3 heteroatoms. The zero-order valence-electron chi connectivity index (χ0n) is 8.52. The smallest absolute Gasteiger partial charge is 0.147 e. The third kappa shape index (κ3) is 3.13. The molecular formula is C8H19NSi2. The molecule has 0 fully saturated rings. The van der Waals surface area contributed by atoms with Gasteiger partial charge in [-0.1, -0.05) is 45.7 Å². The molecule has 0 saturated heterocycles. The van der Waals surface area contributed by atoms with Gasteiger partial charge in [-0.15, -0.1) is 0 Å². The van der Waals surface area contributed by atoms with E-state index in [0.29, 0.717) is 0 Å². The van der Waals surface area contributed by atoms with E-state index in [1.165, 1.54) is 0 Å². The Hall–Kier alpha value is -0.206. The van der Waals surface area contributed by atoms with Gasteiger partial charge >= 0.3 is 0 Å². The van der Waals surface area contributed by atoms with Crippen LogP contribution in [0, 0.1) is 12.5 Å². The maximum atomic E-state index is 5.49. The van der Waals surface area contributed by atoms with Crippen LogP contribution in [0.4, 0.5) is 0 Å². The summed E-state index contributed by atoms with van der Waals surface area (Å²) in [7, 11) is -2.53. The largest absolute Gasteiger partial charge is 0.385 e. The minimum Gasteiger partial charge on any atom is -0.385 e. The Kier molecular flexibility index (Phi) is 2.98. The Balaban J connectivity index is 4.60. The summed E-state index contributed by atoms with van der Waals surface area (Å²) in [5.41, 5.74) is 0. The lowest BCUT2D eigenvalue weighted by molar-refractivity contribution is 0.877. The molecule has 64 valence electrons. The summed E-state index contributed by atoms with van der Waals surface area (Å²) in [6.07, 6.45) is 5.49. The summed E-state index contributed by atoms with van der Waals surface area (Å²) >= 11 is 0. The van der Waals surface area contributed by atoms with Crippen molar-refractivity contribution in [3.8, 4) is 12.5 Å². The molecule has 0 saturated carbocycles. The predicted octanol–water partition coefficient (Wildman–Crippen LogP) is 2.55. The highest BCUT2D eigenvalue weighted by atomic mass is 28.4. The number of hydrogen-bond acceptors (Lipinski definition) is 1. The molecule has 0 aliphatic heterocycles. The van der Waals surface area contributed by atoms with Crippen LogP contribution in [-0.4, -0.2) is 20.7 Å². The third-order valence-corrected chi connectivity index (χ3v) is 8.44. The molecule has 0 aromatic carbocycles. The molecule has 0 spiro atoms. The predicted molar refractivity (Wildman–Crippen MR) is 57.4 cm³/mol. The molecule has 0 heterocycles. The van der Waals surface area contributed by atoms with Gasteiger partial charge in [0.15, 0.2) is 0 Å². The van der Waals surface area contributed by atoms with Gasteiger partial charge in [0.1, 0.15) is 16.5 Å². The second-order valence-electron chi connectivity index (χ2n) is 4.81. The second-order valence-corrected chi connectivity index (χ2v) is 14.8. The van der Waals surface area contributed by atoms with E-state index in [-0.39, 0.29) is 0 Å². The lowest BCUT2D eigenvalue weighted by Gasteiger charge is -2.40. The summed E-state index contributed by atoms with van der Waals surface area (Å²) in [5.74, 6) is 0. The molecule has 0 aliphatic carbocycles. The molecule has 0 amide bonds. The van der Waals surface area contributed by atoms with E-state index in [9.17, 15) is 0 Å². The Morgan fingerprint density at radius 2 is 1.18 bits per heavy atom. The Labute approximate surface area is 73.0 Å². The van der Waals surface area contributed by atoms with Gasteiger partial charge in [-0.05, 0) is 6.04 Å². The molecule has 0 unspecified atom stereocenters. The van der Waals surface area contributed by atoms with Gasteiger partial charge in [0.05, 0.1) is 0 Å². The third-order valence-electron chi connectivity index (χ3n) is 1.47. The first kappa shape index (κ1) is 10.8. The molecule has 0 atom stereocenters. The van der Waals surface area contributed by atoms with Crippen molar-refractivity contribution < 1.29 is 0 Å². The lowest BCUT2D eigenvalue weighted by Crippen LogP contribution is -2.56.